The van der Waals surface area contributed by atoms with E-state index in [4.69, 9.17) is 10.6 Å². The van der Waals surface area contributed by atoms with Gasteiger partial charge >= 0.3 is 0 Å². The van der Waals surface area contributed by atoms with Crippen LogP contribution in [-0.4, -0.2) is 11.6 Å². The lowest BCUT2D eigenvalue weighted by atomic mass is 10.3. The van der Waals surface area contributed by atoms with Crippen LogP contribution in [0, 0.1) is 0 Å². The fraction of sp³-hybridized carbons (Fsp3) is 0.500. The number of unbranched alkanes of at least 4 members (excludes halogenated alkanes) is 1. The number of hydrazine groups is 1. The second kappa shape index (κ2) is 6.34. The second-order valence-corrected chi connectivity index (χ2v) is 3.06. The first-order valence-corrected chi connectivity index (χ1v) is 4.86. The summed E-state index contributed by atoms with van der Waals surface area (Å²) < 4.78 is 5.47. The zero-order chi connectivity index (χ0) is 10.2. The molecule has 0 spiro atoms. The van der Waals surface area contributed by atoms with E-state index in [-0.39, 0.29) is 0 Å². The molecule has 4 heteroatoms. The predicted molar refractivity (Wildman–Crippen MR) is 56.6 cm³/mol. The van der Waals surface area contributed by atoms with Crippen LogP contribution in [0.3, 0.4) is 0 Å². The summed E-state index contributed by atoms with van der Waals surface area (Å²) in [6.45, 7) is 3.49. The number of nitrogen functional groups attached to an aromatic ring is 1. The molecule has 0 unspecified atom stereocenters. The van der Waals surface area contributed by atoms with Crippen molar-refractivity contribution in [1.82, 2.24) is 4.98 Å². The number of aromatic nitrogens is 1. The zero-order valence-corrected chi connectivity index (χ0v) is 8.49. The lowest BCUT2D eigenvalue weighted by molar-refractivity contribution is 0.118. The molecule has 0 saturated heterocycles. The van der Waals surface area contributed by atoms with Gasteiger partial charge in [-0.3, -0.25) is 0 Å². The van der Waals surface area contributed by atoms with Gasteiger partial charge in [-0.2, -0.15) is 0 Å². The average molecular weight is 195 g/mol. The third-order valence-electron chi connectivity index (χ3n) is 1.93. The summed E-state index contributed by atoms with van der Waals surface area (Å²) in [6, 6.07) is 3.83. The van der Waals surface area contributed by atoms with Gasteiger partial charge in [0.15, 0.2) is 0 Å². The topological polar surface area (TPSA) is 60.2 Å². The Morgan fingerprint density at radius 1 is 1.57 bits per heavy atom. The van der Waals surface area contributed by atoms with Crippen LogP contribution in [0.15, 0.2) is 18.3 Å². The monoisotopic (exact) mass is 195 g/mol. The number of hydrogen-bond acceptors (Lipinski definition) is 4. The van der Waals surface area contributed by atoms with E-state index in [1.165, 1.54) is 0 Å². The maximum Gasteiger partial charge on any atom is 0.145 e. The van der Waals surface area contributed by atoms with Gasteiger partial charge in [-0.15, -0.1) is 0 Å². The molecule has 0 fully saturated rings. The third-order valence-corrected chi connectivity index (χ3v) is 1.93. The lowest BCUT2D eigenvalue weighted by Crippen LogP contribution is -2.11. The van der Waals surface area contributed by atoms with Gasteiger partial charge in [0.25, 0.3) is 0 Å². The van der Waals surface area contributed by atoms with Gasteiger partial charge in [-0.05, 0) is 12.5 Å². The fourth-order valence-electron chi connectivity index (χ4n) is 1.11. The Hall–Kier alpha value is -1.13. The molecule has 0 aliphatic rings. The van der Waals surface area contributed by atoms with Crippen LogP contribution in [0.5, 0.6) is 0 Å². The Balaban J connectivity index is 2.41. The largest absolute Gasteiger partial charge is 0.377 e. The fourth-order valence-corrected chi connectivity index (χ4v) is 1.11. The Morgan fingerprint density at radius 2 is 2.43 bits per heavy atom. The SMILES string of the molecule is CCCCOCc1cccnc1NN. The number of nitrogens with two attached hydrogens (primary N) is 1. The highest BCUT2D eigenvalue weighted by atomic mass is 16.5. The van der Waals surface area contributed by atoms with Crippen molar-refractivity contribution < 1.29 is 4.74 Å². The smallest absolute Gasteiger partial charge is 0.145 e. The first-order valence-electron chi connectivity index (χ1n) is 4.86. The Labute approximate surface area is 84.4 Å². The van der Waals surface area contributed by atoms with Gasteiger partial charge in [-0.1, -0.05) is 19.4 Å². The zero-order valence-electron chi connectivity index (χ0n) is 8.49. The van der Waals surface area contributed by atoms with E-state index in [1.807, 2.05) is 12.1 Å². The highest BCUT2D eigenvalue weighted by Crippen LogP contribution is 2.11. The first-order chi connectivity index (χ1) is 6.88. The summed E-state index contributed by atoms with van der Waals surface area (Å²) in [5, 5.41) is 0. The molecule has 78 valence electrons. The van der Waals surface area contributed by atoms with Crippen LogP contribution >= 0.6 is 0 Å². The van der Waals surface area contributed by atoms with Gasteiger partial charge < -0.3 is 10.2 Å². The quantitative estimate of drug-likeness (QED) is 0.412. The Morgan fingerprint density at radius 3 is 3.14 bits per heavy atom. The molecule has 1 aromatic rings. The van der Waals surface area contributed by atoms with Crippen LogP contribution in [0.2, 0.25) is 0 Å². The minimum Gasteiger partial charge on any atom is -0.377 e. The van der Waals surface area contributed by atoms with E-state index in [9.17, 15) is 0 Å². The molecular formula is C10H17N3O. The summed E-state index contributed by atoms with van der Waals surface area (Å²) in [5.41, 5.74) is 3.54. The normalized spacial score (nSPS) is 10.1. The minimum atomic E-state index is 0.563. The number of nitrogens with zero attached hydrogens (tertiary/aromatic N) is 1. The number of pyridine rings is 1. The predicted octanol–water partition coefficient (Wildman–Crippen LogP) is 1.68. The molecule has 0 amide bonds. The van der Waals surface area contributed by atoms with Crippen molar-refractivity contribution in [2.45, 2.75) is 26.4 Å². The molecule has 0 bridgehead atoms. The number of anilines is 1. The molecule has 4 nitrogen and oxygen atoms in total. The van der Waals surface area contributed by atoms with Gasteiger partial charge in [-0.25, -0.2) is 10.8 Å². The molecule has 1 rings (SSSR count). The summed E-state index contributed by atoms with van der Waals surface area (Å²) in [6.07, 6.45) is 3.94. The van der Waals surface area contributed by atoms with Crippen LogP contribution in [0.4, 0.5) is 5.82 Å². The third kappa shape index (κ3) is 3.32. The van der Waals surface area contributed by atoms with Crippen molar-refractivity contribution >= 4 is 5.82 Å². The second-order valence-electron chi connectivity index (χ2n) is 3.06. The minimum absolute atomic E-state index is 0.563. The maximum absolute atomic E-state index is 5.47. The highest BCUT2D eigenvalue weighted by Gasteiger charge is 2.00. The Kier molecular flexibility index (Phi) is 4.96. The van der Waals surface area contributed by atoms with Crippen LogP contribution in [0.1, 0.15) is 25.3 Å². The molecule has 1 heterocycles. The van der Waals surface area contributed by atoms with E-state index in [0.717, 1.165) is 25.0 Å². The maximum atomic E-state index is 5.47. The molecule has 0 aliphatic carbocycles. The molecular weight excluding hydrogens is 178 g/mol. The van der Waals surface area contributed by atoms with Crippen molar-refractivity contribution in [2.75, 3.05) is 12.0 Å². The van der Waals surface area contributed by atoms with E-state index in [0.29, 0.717) is 12.4 Å². The van der Waals surface area contributed by atoms with Crippen LogP contribution in [-0.2, 0) is 11.3 Å². The van der Waals surface area contributed by atoms with Gasteiger partial charge in [0.2, 0.25) is 0 Å². The van der Waals surface area contributed by atoms with Crippen molar-refractivity contribution in [3.63, 3.8) is 0 Å². The summed E-state index contributed by atoms with van der Waals surface area (Å²) in [4.78, 5) is 4.08. The molecule has 0 atom stereocenters. The van der Waals surface area contributed by atoms with Gasteiger partial charge in [0, 0.05) is 18.4 Å². The summed E-state index contributed by atoms with van der Waals surface area (Å²) >= 11 is 0. The molecule has 0 saturated carbocycles. The summed E-state index contributed by atoms with van der Waals surface area (Å²) in [7, 11) is 0. The number of rotatable bonds is 6. The van der Waals surface area contributed by atoms with Crippen LogP contribution in [0.25, 0.3) is 0 Å². The van der Waals surface area contributed by atoms with E-state index in [2.05, 4.69) is 17.3 Å². The van der Waals surface area contributed by atoms with E-state index >= 15 is 0 Å². The molecule has 0 aliphatic heterocycles. The van der Waals surface area contributed by atoms with Crippen molar-refractivity contribution in [3.8, 4) is 0 Å². The standard InChI is InChI=1S/C10H17N3O/c1-2-3-7-14-8-9-5-4-6-12-10(9)13-11/h4-6H,2-3,7-8,11H2,1H3,(H,12,13). The average Bonchev–Trinajstić information content (AvgIpc) is 2.25. The van der Waals surface area contributed by atoms with E-state index < -0.39 is 0 Å². The molecule has 0 aromatic carbocycles. The lowest BCUT2D eigenvalue weighted by Gasteiger charge is -2.07. The summed E-state index contributed by atoms with van der Waals surface area (Å²) in [5.74, 6) is 6.00. The van der Waals surface area contributed by atoms with Crippen molar-refractivity contribution in [1.29, 1.82) is 0 Å². The van der Waals surface area contributed by atoms with Gasteiger partial charge in [0.1, 0.15) is 5.82 Å². The molecule has 3 N–H and O–H groups in total. The van der Waals surface area contributed by atoms with Crippen molar-refractivity contribution in [2.24, 2.45) is 5.84 Å². The van der Waals surface area contributed by atoms with Crippen LogP contribution < -0.4 is 11.3 Å². The van der Waals surface area contributed by atoms with E-state index in [1.54, 1.807) is 6.20 Å². The Bertz CT molecular complexity index is 265. The highest BCUT2D eigenvalue weighted by molar-refractivity contribution is 5.41. The first kappa shape index (κ1) is 10.9. The number of ether oxygens (including phenoxy) is 1. The molecule has 0 radical (unpaired) electrons. The number of hydrogen-bond donors (Lipinski definition) is 2. The molecule has 1 aromatic heterocycles. The molecule has 14 heavy (non-hydrogen) atoms. The van der Waals surface area contributed by atoms with Crippen molar-refractivity contribution in [3.05, 3.63) is 23.9 Å². The van der Waals surface area contributed by atoms with Gasteiger partial charge in [0.05, 0.1) is 6.61 Å². The number of nitrogens with one attached hydrogen (secondary N) is 1.